The predicted octanol–water partition coefficient (Wildman–Crippen LogP) is 3.07. The highest BCUT2D eigenvalue weighted by atomic mass is 35.5. The minimum absolute atomic E-state index is 0.329. The number of imidazole rings is 1. The first kappa shape index (κ1) is 11.8. The molecule has 5 nitrogen and oxygen atoms in total. The molecule has 0 saturated heterocycles. The topological polar surface area (TPSA) is 65.4 Å². The second-order valence-corrected chi connectivity index (χ2v) is 4.57. The van der Waals surface area contributed by atoms with Gasteiger partial charge in [-0.05, 0) is 24.6 Å². The van der Waals surface area contributed by atoms with Crippen molar-refractivity contribution in [3.05, 3.63) is 47.4 Å². The van der Waals surface area contributed by atoms with E-state index in [0.29, 0.717) is 28.1 Å². The minimum atomic E-state index is 0.329. The molecule has 0 fully saturated rings. The zero-order valence-corrected chi connectivity index (χ0v) is 10.9. The molecule has 0 amide bonds. The molecule has 2 aromatic heterocycles. The molecule has 96 valence electrons. The van der Waals surface area contributed by atoms with Crippen LogP contribution in [0.1, 0.15) is 5.56 Å². The third-order valence-corrected chi connectivity index (χ3v) is 2.95. The third kappa shape index (κ3) is 2.20. The Kier molecular flexibility index (Phi) is 2.76. The number of hydrogen-bond donors (Lipinski definition) is 1. The normalized spacial score (nSPS) is 10.8. The van der Waals surface area contributed by atoms with Crippen LogP contribution in [0, 0.1) is 6.92 Å². The lowest BCUT2D eigenvalue weighted by atomic mass is 10.2. The average Bonchev–Trinajstić information content (AvgIpc) is 2.80. The van der Waals surface area contributed by atoms with Crippen LogP contribution < -0.4 is 10.5 Å². The van der Waals surface area contributed by atoms with Crippen LogP contribution >= 0.6 is 11.6 Å². The van der Waals surface area contributed by atoms with Crippen LogP contribution in [0.15, 0.2) is 36.8 Å². The number of fused-ring (bicyclic) bond motifs is 1. The molecule has 0 atom stereocenters. The maximum Gasteiger partial charge on any atom is 0.265 e. The van der Waals surface area contributed by atoms with Crippen molar-refractivity contribution >= 4 is 23.1 Å². The van der Waals surface area contributed by atoms with Crippen molar-refractivity contribution < 1.29 is 4.74 Å². The number of nitrogens with two attached hydrogens (primary N) is 1. The van der Waals surface area contributed by atoms with Gasteiger partial charge in [0.2, 0.25) is 5.65 Å². The molecule has 0 spiro atoms. The molecule has 0 unspecified atom stereocenters. The molecular formula is C13H11ClN4O. The van der Waals surface area contributed by atoms with Gasteiger partial charge < -0.3 is 10.5 Å². The lowest BCUT2D eigenvalue weighted by Crippen LogP contribution is -1.99. The van der Waals surface area contributed by atoms with Gasteiger partial charge in [0.25, 0.3) is 5.88 Å². The Bertz CT molecular complexity index is 753. The highest BCUT2D eigenvalue weighted by molar-refractivity contribution is 6.32. The molecular weight excluding hydrogens is 264 g/mol. The Morgan fingerprint density at radius 2 is 2.21 bits per heavy atom. The Labute approximate surface area is 114 Å². The maximum absolute atomic E-state index is 6.13. The van der Waals surface area contributed by atoms with Gasteiger partial charge in [0, 0.05) is 12.4 Å². The van der Waals surface area contributed by atoms with Gasteiger partial charge in [-0.3, -0.25) is 4.40 Å². The summed E-state index contributed by atoms with van der Waals surface area (Å²) in [5.41, 5.74) is 7.37. The summed E-state index contributed by atoms with van der Waals surface area (Å²) in [5, 5.41) is 0.522. The summed E-state index contributed by atoms with van der Waals surface area (Å²) in [5.74, 6) is 1.20. The number of ether oxygens (including phenoxy) is 1. The fourth-order valence-electron chi connectivity index (χ4n) is 1.78. The molecule has 0 saturated carbocycles. The number of benzene rings is 1. The predicted molar refractivity (Wildman–Crippen MR) is 73.7 cm³/mol. The van der Waals surface area contributed by atoms with E-state index in [1.54, 1.807) is 29.1 Å². The summed E-state index contributed by atoms with van der Waals surface area (Å²) < 4.78 is 7.46. The van der Waals surface area contributed by atoms with Gasteiger partial charge in [-0.25, -0.2) is 4.98 Å². The zero-order chi connectivity index (χ0) is 13.4. The van der Waals surface area contributed by atoms with Crippen LogP contribution in [0.5, 0.6) is 11.6 Å². The summed E-state index contributed by atoms with van der Waals surface area (Å²) in [6, 6.07) is 5.53. The number of rotatable bonds is 2. The molecule has 3 rings (SSSR count). The Balaban J connectivity index is 2.07. The molecule has 2 N–H and O–H groups in total. The zero-order valence-electron chi connectivity index (χ0n) is 10.2. The number of anilines is 1. The standard InChI is InChI=1S/C13H11ClN4O/c1-8-2-3-10(9(14)6-8)19-13-12-16-4-5-18(12)7-11(15)17-13/h2-7H,15H2,1H3. The first-order valence-electron chi connectivity index (χ1n) is 5.66. The monoisotopic (exact) mass is 274 g/mol. The second kappa shape index (κ2) is 4.44. The van der Waals surface area contributed by atoms with E-state index in [0.717, 1.165) is 5.56 Å². The number of nitrogen functional groups attached to an aromatic ring is 1. The molecule has 19 heavy (non-hydrogen) atoms. The summed E-state index contributed by atoms with van der Waals surface area (Å²) in [6.07, 6.45) is 5.10. The van der Waals surface area contributed by atoms with Crippen LogP contribution in [0.25, 0.3) is 5.65 Å². The number of hydrogen-bond acceptors (Lipinski definition) is 4. The highest BCUT2D eigenvalue weighted by Crippen LogP contribution is 2.31. The van der Waals surface area contributed by atoms with Crippen molar-refractivity contribution in [1.82, 2.24) is 14.4 Å². The SMILES string of the molecule is Cc1ccc(Oc2nc(N)cn3ccnc23)c(Cl)c1. The Hall–Kier alpha value is -2.27. The molecule has 6 heteroatoms. The van der Waals surface area contributed by atoms with E-state index in [9.17, 15) is 0 Å². The quantitative estimate of drug-likeness (QED) is 0.780. The van der Waals surface area contributed by atoms with Crippen LogP contribution in [0.4, 0.5) is 5.82 Å². The van der Waals surface area contributed by atoms with Gasteiger partial charge in [-0.2, -0.15) is 4.98 Å². The van der Waals surface area contributed by atoms with Crippen molar-refractivity contribution in [1.29, 1.82) is 0 Å². The number of nitrogens with zero attached hydrogens (tertiary/aromatic N) is 3. The molecule has 2 heterocycles. The van der Waals surface area contributed by atoms with Gasteiger partial charge in [0.1, 0.15) is 11.6 Å². The lowest BCUT2D eigenvalue weighted by molar-refractivity contribution is 0.466. The van der Waals surface area contributed by atoms with Gasteiger partial charge >= 0.3 is 0 Å². The van der Waals surface area contributed by atoms with Crippen molar-refractivity contribution in [2.75, 3.05) is 5.73 Å². The second-order valence-electron chi connectivity index (χ2n) is 4.16. The molecule has 0 aliphatic carbocycles. The minimum Gasteiger partial charge on any atom is -0.434 e. The van der Waals surface area contributed by atoms with Gasteiger partial charge in [0.05, 0.1) is 11.2 Å². The van der Waals surface area contributed by atoms with E-state index in [4.69, 9.17) is 22.1 Å². The van der Waals surface area contributed by atoms with Crippen molar-refractivity contribution in [2.24, 2.45) is 0 Å². The van der Waals surface area contributed by atoms with Crippen LogP contribution in [-0.2, 0) is 0 Å². The molecule has 0 aliphatic rings. The van der Waals surface area contributed by atoms with Gasteiger partial charge in [-0.1, -0.05) is 17.7 Å². The van der Waals surface area contributed by atoms with Crippen LogP contribution in [0.2, 0.25) is 5.02 Å². The van der Waals surface area contributed by atoms with Gasteiger partial charge in [-0.15, -0.1) is 0 Å². The van der Waals surface area contributed by atoms with Crippen molar-refractivity contribution in [2.45, 2.75) is 6.92 Å². The smallest absolute Gasteiger partial charge is 0.265 e. The van der Waals surface area contributed by atoms with E-state index < -0.39 is 0 Å². The average molecular weight is 275 g/mol. The first-order chi connectivity index (χ1) is 9.13. The maximum atomic E-state index is 6.13. The summed E-state index contributed by atoms with van der Waals surface area (Å²) in [4.78, 5) is 8.33. The van der Waals surface area contributed by atoms with Crippen LogP contribution in [0.3, 0.4) is 0 Å². The summed E-state index contributed by atoms with van der Waals surface area (Å²) in [6.45, 7) is 1.96. The molecule has 1 aromatic carbocycles. The van der Waals surface area contributed by atoms with Crippen LogP contribution in [-0.4, -0.2) is 14.4 Å². The Morgan fingerprint density at radius 1 is 1.37 bits per heavy atom. The number of aryl methyl sites for hydroxylation is 1. The Morgan fingerprint density at radius 3 is 3.00 bits per heavy atom. The summed E-state index contributed by atoms with van der Waals surface area (Å²) in [7, 11) is 0. The summed E-state index contributed by atoms with van der Waals surface area (Å²) >= 11 is 6.13. The molecule has 0 bridgehead atoms. The molecule has 3 aromatic rings. The highest BCUT2D eigenvalue weighted by Gasteiger charge is 2.10. The van der Waals surface area contributed by atoms with Crippen molar-refractivity contribution in [3.8, 4) is 11.6 Å². The first-order valence-corrected chi connectivity index (χ1v) is 6.04. The third-order valence-electron chi connectivity index (χ3n) is 2.66. The van der Waals surface area contributed by atoms with E-state index in [1.165, 1.54) is 0 Å². The molecule has 0 radical (unpaired) electrons. The van der Waals surface area contributed by atoms with E-state index >= 15 is 0 Å². The van der Waals surface area contributed by atoms with Crippen molar-refractivity contribution in [3.63, 3.8) is 0 Å². The van der Waals surface area contributed by atoms with E-state index in [1.807, 2.05) is 19.1 Å². The number of halogens is 1. The van der Waals surface area contributed by atoms with E-state index in [-0.39, 0.29) is 0 Å². The lowest BCUT2D eigenvalue weighted by Gasteiger charge is -2.08. The van der Waals surface area contributed by atoms with Gasteiger partial charge in [0.15, 0.2) is 0 Å². The number of aromatic nitrogens is 3. The fraction of sp³-hybridized carbons (Fsp3) is 0.0769. The fourth-order valence-corrected chi connectivity index (χ4v) is 2.06. The van der Waals surface area contributed by atoms with E-state index in [2.05, 4.69) is 9.97 Å². The molecule has 0 aliphatic heterocycles. The largest absolute Gasteiger partial charge is 0.434 e.